The largest absolute Gasteiger partial charge is 0.497 e. The number of aliphatic hydroxyl groups excluding tert-OH is 1. The fourth-order valence-corrected chi connectivity index (χ4v) is 2.06. The van der Waals surface area contributed by atoms with Crippen LogP contribution in [0.25, 0.3) is 0 Å². The lowest BCUT2D eigenvalue weighted by Crippen LogP contribution is -2.23. The fraction of sp³-hybridized carbons (Fsp3) is 0.263. The van der Waals surface area contributed by atoms with E-state index >= 15 is 0 Å². The highest BCUT2D eigenvalue weighted by atomic mass is 16.5. The second-order valence-electron chi connectivity index (χ2n) is 5.34. The number of nitrogens with one attached hydrogen (secondary N) is 1. The molecule has 0 aromatic heterocycles. The number of benzene rings is 2. The van der Waals surface area contributed by atoms with Crippen molar-refractivity contribution in [3.63, 3.8) is 0 Å². The predicted molar refractivity (Wildman–Crippen MR) is 96.2 cm³/mol. The Morgan fingerprint density at radius 2 is 1.58 bits per heavy atom. The minimum Gasteiger partial charge on any atom is -0.497 e. The third-order valence-electron chi connectivity index (χ3n) is 3.45. The van der Waals surface area contributed by atoms with Crippen molar-refractivity contribution in [2.75, 3.05) is 20.2 Å². The van der Waals surface area contributed by atoms with E-state index in [0.29, 0.717) is 6.54 Å². The van der Waals surface area contributed by atoms with Crippen LogP contribution in [0.3, 0.4) is 0 Å². The summed E-state index contributed by atoms with van der Waals surface area (Å²) in [5, 5.41) is 28.1. The first-order chi connectivity index (χ1) is 12.4. The molecule has 0 bridgehead atoms. The van der Waals surface area contributed by atoms with Crippen molar-refractivity contribution in [2.24, 2.45) is 0 Å². The second-order valence-corrected chi connectivity index (χ2v) is 5.34. The van der Waals surface area contributed by atoms with Crippen molar-refractivity contribution >= 4 is 11.9 Å². The molecule has 0 radical (unpaired) electrons. The van der Waals surface area contributed by atoms with Crippen molar-refractivity contribution in [1.29, 1.82) is 0 Å². The summed E-state index contributed by atoms with van der Waals surface area (Å²) in [6.07, 6.45) is 0.484. The van der Waals surface area contributed by atoms with Gasteiger partial charge in [-0.3, -0.25) is 0 Å². The van der Waals surface area contributed by atoms with Gasteiger partial charge in [0.05, 0.1) is 13.2 Å². The predicted octanol–water partition coefficient (Wildman–Crippen LogP) is 1.72. The van der Waals surface area contributed by atoms with Crippen LogP contribution in [-0.4, -0.2) is 47.5 Å². The zero-order valence-corrected chi connectivity index (χ0v) is 14.5. The zero-order valence-electron chi connectivity index (χ0n) is 14.5. The molecule has 2 aromatic carbocycles. The monoisotopic (exact) mass is 361 g/mol. The van der Waals surface area contributed by atoms with E-state index < -0.39 is 18.0 Å². The lowest BCUT2D eigenvalue weighted by molar-refractivity contribution is -0.159. The summed E-state index contributed by atoms with van der Waals surface area (Å²) < 4.78 is 5.13. The molecule has 7 heteroatoms. The molecular weight excluding hydrogens is 338 g/mol. The summed E-state index contributed by atoms with van der Waals surface area (Å²) in [4.78, 5) is 18.2. The van der Waals surface area contributed by atoms with Gasteiger partial charge < -0.3 is 25.4 Å². The number of methoxy groups -OCH3 is 1. The minimum absolute atomic E-state index is 0.452. The molecule has 1 atom stereocenters. The highest BCUT2D eigenvalue weighted by Crippen LogP contribution is 2.12. The molecule has 0 spiro atoms. The van der Waals surface area contributed by atoms with Gasteiger partial charge in [0.25, 0.3) is 0 Å². The van der Waals surface area contributed by atoms with E-state index in [0.717, 1.165) is 24.3 Å². The Morgan fingerprint density at radius 1 is 1.00 bits per heavy atom. The van der Waals surface area contributed by atoms with Crippen LogP contribution in [0.5, 0.6) is 5.75 Å². The molecule has 0 amide bonds. The van der Waals surface area contributed by atoms with Gasteiger partial charge in [-0.15, -0.1) is 0 Å². The van der Waals surface area contributed by atoms with Crippen LogP contribution in [0.15, 0.2) is 54.6 Å². The van der Waals surface area contributed by atoms with Crippen molar-refractivity contribution in [1.82, 2.24) is 5.32 Å². The molecule has 0 aliphatic carbocycles. The second kappa shape index (κ2) is 11.6. The highest BCUT2D eigenvalue weighted by molar-refractivity contribution is 6.27. The molecule has 2 aromatic rings. The Kier molecular flexibility index (Phi) is 9.45. The summed E-state index contributed by atoms with van der Waals surface area (Å²) >= 11 is 0. The zero-order chi connectivity index (χ0) is 19.4. The maximum absolute atomic E-state index is 10.0. The van der Waals surface area contributed by atoms with Crippen molar-refractivity contribution < 1.29 is 29.6 Å². The SMILES string of the molecule is COc1ccc(CCNCC(O)c2ccccc2)cc1.O=C(O)C(=O)O. The van der Waals surface area contributed by atoms with E-state index in [-0.39, 0.29) is 0 Å². The molecular formula is C19H23NO6. The lowest BCUT2D eigenvalue weighted by atomic mass is 10.1. The molecule has 7 nitrogen and oxygen atoms in total. The quantitative estimate of drug-likeness (QED) is 0.438. The Hall–Kier alpha value is -2.90. The van der Waals surface area contributed by atoms with Crippen molar-refractivity contribution in [3.05, 3.63) is 65.7 Å². The van der Waals surface area contributed by atoms with Gasteiger partial charge in [0.1, 0.15) is 5.75 Å². The smallest absolute Gasteiger partial charge is 0.414 e. The summed E-state index contributed by atoms with van der Waals surface area (Å²) in [6.45, 7) is 1.41. The minimum atomic E-state index is -1.82. The van der Waals surface area contributed by atoms with Crippen LogP contribution >= 0.6 is 0 Å². The molecule has 140 valence electrons. The number of ether oxygens (including phenoxy) is 1. The van der Waals surface area contributed by atoms with E-state index in [1.807, 2.05) is 42.5 Å². The van der Waals surface area contributed by atoms with Gasteiger partial charge in [-0.25, -0.2) is 9.59 Å². The standard InChI is InChI=1S/C17H21NO2.C2H2O4/c1-20-16-9-7-14(8-10-16)11-12-18-13-17(19)15-5-3-2-4-6-15;3-1(4)2(5)6/h2-10,17-19H,11-13H2,1H3;(H,3,4)(H,5,6). The normalized spacial score (nSPS) is 11.0. The Labute approximate surface area is 151 Å². The first-order valence-corrected chi connectivity index (χ1v) is 7.97. The maximum Gasteiger partial charge on any atom is 0.414 e. The summed E-state index contributed by atoms with van der Waals surface area (Å²) in [6, 6.07) is 17.8. The number of rotatable bonds is 7. The summed E-state index contributed by atoms with van der Waals surface area (Å²) in [7, 11) is 1.67. The van der Waals surface area contributed by atoms with Gasteiger partial charge >= 0.3 is 11.9 Å². The fourth-order valence-electron chi connectivity index (χ4n) is 2.06. The molecule has 0 fully saturated rings. The van der Waals surface area contributed by atoms with Crippen molar-refractivity contribution in [2.45, 2.75) is 12.5 Å². The van der Waals surface area contributed by atoms with Crippen LogP contribution in [-0.2, 0) is 16.0 Å². The van der Waals surface area contributed by atoms with E-state index in [2.05, 4.69) is 17.4 Å². The van der Waals surface area contributed by atoms with Gasteiger partial charge in [-0.2, -0.15) is 0 Å². The van der Waals surface area contributed by atoms with Gasteiger partial charge in [0, 0.05) is 6.54 Å². The number of hydrogen-bond donors (Lipinski definition) is 4. The number of aliphatic hydroxyl groups is 1. The van der Waals surface area contributed by atoms with E-state index in [1.165, 1.54) is 5.56 Å². The Balaban J connectivity index is 0.000000487. The average molecular weight is 361 g/mol. The van der Waals surface area contributed by atoms with Gasteiger partial charge in [0.2, 0.25) is 0 Å². The van der Waals surface area contributed by atoms with Crippen LogP contribution in [0, 0.1) is 0 Å². The first-order valence-electron chi connectivity index (χ1n) is 7.97. The van der Waals surface area contributed by atoms with Gasteiger partial charge in [-0.05, 0) is 36.2 Å². The molecule has 2 rings (SSSR count). The molecule has 4 N–H and O–H groups in total. The number of carboxylic acids is 2. The molecule has 0 saturated heterocycles. The average Bonchev–Trinajstić information content (AvgIpc) is 2.66. The summed E-state index contributed by atoms with van der Waals surface area (Å²) in [5.41, 5.74) is 2.21. The lowest BCUT2D eigenvalue weighted by Gasteiger charge is -2.12. The molecule has 26 heavy (non-hydrogen) atoms. The van der Waals surface area contributed by atoms with Gasteiger partial charge in [0.15, 0.2) is 0 Å². The molecule has 0 aliphatic rings. The van der Waals surface area contributed by atoms with Crippen molar-refractivity contribution in [3.8, 4) is 5.75 Å². The van der Waals surface area contributed by atoms with E-state index in [4.69, 9.17) is 24.5 Å². The van der Waals surface area contributed by atoms with Gasteiger partial charge in [-0.1, -0.05) is 42.5 Å². The van der Waals surface area contributed by atoms with E-state index in [9.17, 15) is 5.11 Å². The molecule has 1 unspecified atom stereocenters. The molecule has 0 heterocycles. The van der Waals surface area contributed by atoms with E-state index in [1.54, 1.807) is 7.11 Å². The molecule has 0 aliphatic heterocycles. The Bertz CT molecular complexity index is 660. The topological polar surface area (TPSA) is 116 Å². The highest BCUT2D eigenvalue weighted by Gasteiger charge is 2.05. The molecule has 0 saturated carbocycles. The third-order valence-corrected chi connectivity index (χ3v) is 3.45. The summed E-state index contributed by atoms with van der Waals surface area (Å²) in [5.74, 6) is -2.77. The first kappa shape index (κ1) is 21.1. The van der Waals surface area contributed by atoms with Crippen LogP contribution in [0.4, 0.5) is 0 Å². The number of aliphatic carboxylic acids is 2. The van der Waals surface area contributed by atoms with Crippen LogP contribution in [0.1, 0.15) is 17.2 Å². The number of carbonyl (C=O) groups is 2. The van der Waals surface area contributed by atoms with Crippen LogP contribution < -0.4 is 10.1 Å². The maximum atomic E-state index is 10.0. The number of hydrogen-bond acceptors (Lipinski definition) is 5. The Morgan fingerprint density at radius 3 is 2.08 bits per heavy atom. The van der Waals surface area contributed by atoms with Crippen LogP contribution in [0.2, 0.25) is 0 Å². The third kappa shape index (κ3) is 8.27. The number of carboxylic acid groups (broad SMARTS) is 2.